The molecule has 0 heterocycles. The number of aliphatic hydroxyl groups excluding tert-OH is 4. The number of hydrazone groups is 1. The number of benzene rings is 1. The fourth-order valence-corrected chi connectivity index (χ4v) is 2.53. The van der Waals surface area contributed by atoms with Crippen LogP contribution in [0.15, 0.2) is 29.4 Å². The van der Waals surface area contributed by atoms with Gasteiger partial charge in [0.05, 0.1) is 18.0 Å². The summed E-state index contributed by atoms with van der Waals surface area (Å²) in [6.07, 6.45) is -1.82. The van der Waals surface area contributed by atoms with Crippen molar-refractivity contribution in [1.29, 1.82) is 0 Å². The van der Waals surface area contributed by atoms with Gasteiger partial charge in [0.15, 0.2) is 0 Å². The van der Waals surface area contributed by atoms with Gasteiger partial charge in [0, 0.05) is 12.8 Å². The number of aromatic hydroxyl groups is 1. The zero-order valence-electron chi connectivity index (χ0n) is 16.9. The van der Waals surface area contributed by atoms with Gasteiger partial charge in [0.2, 0.25) is 11.8 Å². The number of nitrogens with zero attached hydrogens (tertiary/aromatic N) is 1. The molecule has 0 aliphatic heterocycles. The van der Waals surface area contributed by atoms with E-state index in [-0.39, 0.29) is 24.0 Å². The third-order valence-electron chi connectivity index (χ3n) is 4.35. The van der Waals surface area contributed by atoms with Crippen LogP contribution in [0.1, 0.15) is 45.4 Å². The molecule has 0 saturated heterocycles. The molecule has 10 heteroatoms. The van der Waals surface area contributed by atoms with E-state index in [2.05, 4.69) is 15.8 Å². The fourth-order valence-electron chi connectivity index (χ4n) is 2.53. The number of phenols is 1. The standard InChI is InChI=1S/C20H31N3O7/c1-13(24)19(29)20(30)16(26)12-21-23-18(28)11-5-3-2-4-10-17(27)22-14-8-6-7-9-15(14)25/h6-9,12-13,16,19-20,24-26,29-30H,2-5,10-11H2,1H3,(H,22,27)(H,23,28)/b21-12+/t13-,16-,19-,20-/m0/s1. The van der Waals surface area contributed by atoms with Crippen LogP contribution in [0.2, 0.25) is 0 Å². The summed E-state index contributed by atoms with van der Waals surface area (Å²) in [6.45, 7) is 1.26. The molecule has 4 atom stereocenters. The molecule has 0 saturated carbocycles. The van der Waals surface area contributed by atoms with E-state index in [9.17, 15) is 30.0 Å². The zero-order valence-corrected chi connectivity index (χ0v) is 16.9. The lowest BCUT2D eigenvalue weighted by molar-refractivity contribution is -0.121. The smallest absolute Gasteiger partial charge is 0.240 e. The van der Waals surface area contributed by atoms with Crippen LogP contribution >= 0.6 is 0 Å². The number of carbonyl (C=O) groups excluding carboxylic acids is 2. The molecule has 0 bridgehead atoms. The van der Waals surface area contributed by atoms with Crippen LogP contribution in [0.3, 0.4) is 0 Å². The lowest BCUT2D eigenvalue weighted by Crippen LogP contribution is -2.44. The SMILES string of the molecule is C[C@H](O)[C@H](O)[C@@H](O)[C@@H](O)/C=N/NC(=O)CCCCCCC(=O)Nc1ccccc1O. The van der Waals surface area contributed by atoms with Crippen LogP contribution in [0, 0.1) is 0 Å². The van der Waals surface area contributed by atoms with Crippen LogP contribution in [0.25, 0.3) is 0 Å². The predicted molar refractivity (Wildman–Crippen MR) is 111 cm³/mol. The number of anilines is 1. The number of aliphatic hydroxyl groups is 4. The third-order valence-corrected chi connectivity index (χ3v) is 4.35. The normalized spacial score (nSPS) is 15.4. The molecular weight excluding hydrogens is 394 g/mol. The molecule has 0 fully saturated rings. The van der Waals surface area contributed by atoms with Gasteiger partial charge in [0.1, 0.15) is 24.1 Å². The van der Waals surface area contributed by atoms with Crippen molar-refractivity contribution >= 4 is 23.7 Å². The molecular formula is C20H31N3O7. The highest BCUT2D eigenvalue weighted by Crippen LogP contribution is 2.21. The van der Waals surface area contributed by atoms with E-state index in [1.54, 1.807) is 18.2 Å². The highest BCUT2D eigenvalue weighted by molar-refractivity contribution is 5.92. The van der Waals surface area contributed by atoms with Crippen molar-refractivity contribution in [3.05, 3.63) is 24.3 Å². The molecule has 168 valence electrons. The maximum Gasteiger partial charge on any atom is 0.240 e. The second-order valence-electron chi connectivity index (χ2n) is 7.01. The average molecular weight is 425 g/mol. The molecule has 0 spiro atoms. The van der Waals surface area contributed by atoms with Gasteiger partial charge in [-0.25, -0.2) is 5.43 Å². The minimum Gasteiger partial charge on any atom is -0.506 e. The molecule has 0 aliphatic rings. The molecule has 0 unspecified atom stereocenters. The van der Waals surface area contributed by atoms with E-state index >= 15 is 0 Å². The van der Waals surface area contributed by atoms with Gasteiger partial charge in [-0.3, -0.25) is 9.59 Å². The Hall–Kier alpha value is -2.53. The summed E-state index contributed by atoms with van der Waals surface area (Å²) in [6, 6.07) is 6.49. The van der Waals surface area contributed by atoms with Gasteiger partial charge in [0.25, 0.3) is 0 Å². The van der Waals surface area contributed by atoms with Crippen molar-refractivity contribution in [1.82, 2.24) is 5.43 Å². The van der Waals surface area contributed by atoms with Crippen LogP contribution < -0.4 is 10.7 Å². The predicted octanol–water partition coefficient (Wildman–Crippen LogP) is 0.237. The summed E-state index contributed by atoms with van der Waals surface area (Å²) in [5.74, 6) is -0.549. The third kappa shape index (κ3) is 9.79. The van der Waals surface area contributed by atoms with Crippen molar-refractivity contribution in [3.8, 4) is 5.75 Å². The number of nitrogens with one attached hydrogen (secondary N) is 2. The Morgan fingerprint density at radius 2 is 1.57 bits per heavy atom. The summed E-state index contributed by atoms with van der Waals surface area (Å²) in [5, 5.41) is 53.5. The Kier molecular flexibility index (Phi) is 11.6. The van der Waals surface area contributed by atoms with Gasteiger partial charge in [-0.2, -0.15) is 5.10 Å². The summed E-state index contributed by atoms with van der Waals surface area (Å²) < 4.78 is 0. The number of unbranched alkanes of at least 4 members (excludes halogenated alkanes) is 3. The van der Waals surface area contributed by atoms with Crippen molar-refractivity contribution in [2.45, 2.75) is 69.9 Å². The van der Waals surface area contributed by atoms with E-state index in [0.29, 0.717) is 24.9 Å². The molecule has 30 heavy (non-hydrogen) atoms. The largest absolute Gasteiger partial charge is 0.506 e. The Morgan fingerprint density at radius 1 is 0.967 bits per heavy atom. The molecule has 1 rings (SSSR count). The Labute approximate surface area is 175 Å². The van der Waals surface area contributed by atoms with Gasteiger partial charge in [-0.1, -0.05) is 25.0 Å². The fraction of sp³-hybridized carbons (Fsp3) is 0.550. The Bertz CT molecular complexity index is 697. The van der Waals surface area contributed by atoms with Gasteiger partial charge >= 0.3 is 0 Å². The first-order valence-electron chi connectivity index (χ1n) is 9.84. The first-order valence-corrected chi connectivity index (χ1v) is 9.84. The number of carbonyl (C=O) groups is 2. The van der Waals surface area contributed by atoms with Crippen LogP contribution in [0.4, 0.5) is 5.69 Å². The quantitative estimate of drug-likeness (QED) is 0.103. The molecule has 0 radical (unpaired) electrons. The molecule has 7 N–H and O–H groups in total. The molecule has 2 amide bonds. The minimum atomic E-state index is -1.63. The van der Waals surface area contributed by atoms with E-state index in [4.69, 9.17) is 5.11 Å². The highest BCUT2D eigenvalue weighted by Gasteiger charge is 2.27. The van der Waals surface area contributed by atoms with E-state index in [1.165, 1.54) is 13.0 Å². The maximum absolute atomic E-state index is 11.8. The molecule has 0 aliphatic carbocycles. The number of amides is 2. The number of rotatable bonds is 13. The van der Waals surface area contributed by atoms with E-state index < -0.39 is 24.4 Å². The first-order chi connectivity index (χ1) is 14.2. The summed E-state index contributed by atoms with van der Waals surface area (Å²) >= 11 is 0. The second kappa shape index (κ2) is 13.6. The summed E-state index contributed by atoms with van der Waals surface area (Å²) in [7, 11) is 0. The molecule has 1 aromatic rings. The lowest BCUT2D eigenvalue weighted by Gasteiger charge is -2.22. The molecule has 10 nitrogen and oxygen atoms in total. The lowest BCUT2D eigenvalue weighted by atomic mass is 10.1. The summed E-state index contributed by atoms with van der Waals surface area (Å²) in [5.41, 5.74) is 2.58. The van der Waals surface area contributed by atoms with Gasteiger partial charge < -0.3 is 30.8 Å². The van der Waals surface area contributed by atoms with Crippen LogP contribution in [-0.4, -0.2) is 68.0 Å². The number of hydrogen-bond acceptors (Lipinski definition) is 8. The van der Waals surface area contributed by atoms with Crippen molar-refractivity contribution in [2.24, 2.45) is 5.10 Å². The molecule has 1 aromatic carbocycles. The van der Waals surface area contributed by atoms with Crippen LogP contribution in [0.5, 0.6) is 5.75 Å². The summed E-state index contributed by atoms with van der Waals surface area (Å²) in [4.78, 5) is 23.5. The van der Waals surface area contributed by atoms with Crippen molar-refractivity contribution in [3.63, 3.8) is 0 Å². The zero-order chi connectivity index (χ0) is 22.5. The number of para-hydroxylation sites is 2. The van der Waals surface area contributed by atoms with Crippen LogP contribution in [-0.2, 0) is 9.59 Å². The maximum atomic E-state index is 11.8. The van der Waals surface area contributed by atoms with Crippen molar-refractivity contribution in [2.75, 3.05) is 5.32 Å². The topological polar surface area (TPSA) is 172 Å². The number of hydrogen-bond donors (Lipinski definition) is 7. The second-order valence-corrected chi connectivity index (χ2v) is 7.01. The molecule has 0 aromatic heterocycles. The number of phenolic OH excluding ortho intramolecular Hbond substituents is 1. The van der Waals surface area contributed by atoms with Gasteiger partial charge in [-0.15, -0.1) is 0 Å². The van der Waals surface area contributed by atoms with Crippen molar-refractivity contribution < 1.29 is 35.1 Å². The Balaban J connectivity index is 2.13. The highest BCUT2D eigenvalue weighted by atomic mass is 16.4. The van der Waals surface area contributed by atoms with E-state index in [1.807, 2.05) is 0 Å². The van der Waals surface area contributed by atoms with Gasteiger partial charge in [-0.05, 0) is 31.9 Å². The minimum absolute atomic E-state index is 0.0145. The average Bonchev–Trinajstić information content (AvgIpc) is 2.70. The monoisotopic (exact) mass is 425 g/mol. The Morgan fingerprint density at radius 3 is 2.17 bits per heavy atom. The van der Waals surface area contributed by atoms with E-state index in [0.717, 1.165) is 19.1 Å². The first kappa shape index (κ1) is 25.5.